The Bertz CT molecular complexity index is 1220. The standard InChI is InChI=1S/C23H25N3O3S/c1-3-17-5-4-6-21-22(15-24-23(17)21)18-11-13-26(14-12-18)30(28,29)20-9-7-19(8-10-20)25-16(2)27/h4-11,15,24H,3,12-14H2,1-2H3,(H,25,27). The van der Waals surface area contributed by atoms with E-state index in [1.165, 1.54) is 39.9 Å². The molecule has 156 valence electrons. The number of benzene rings is 2. The minimum absolute atomic E-state index is 0.192. The van der Waals surface area contributed by atoms with E-state index >= 15 is 0 Å². The van der Waals surface area contributed by atoms with Gasteiger partial charge >= 0.3 is 0 Å². The van der Waals surface area contributed by atoms with Crippen LogP contribution in [0.25, 0.3) is 16.5 Å². The number of hydrogen-bond acceptors (Lipinski definition) is 3. The lowest BCUT2D eigenvalue weighted by Gasteiger charge is -2.26. The van der Waals surface area contributed by atoms with E-state index in [1.807, 2.05) is 12.3 Å². The molecule has 4 rings (SSSR count). The van der Waals surface area contributed by atoms with Gasteiger partial charge in [-0.1, -0.05) is 31.2 Å². The lowest BCUT2D eigenvalue weighted by atomic mass is 9.98. The molecule has 1 aliphatic heterocycles. The maximum absolute atomic E-state index is 13.0. The SMILES string of the molecule is CCc1cccc2c(C3=CCN(S(=O)(=O)c4ccc(NC(C)=O)cc4)CC3)c[nH]c12. The predicted octanol–water partition coefficient (Wildman–Crippen LogP) is 4.17. The lowest BCUT2D eigenvalue weighted by Crippen LogP contribution is -2.34. The molecule has 0 fully saturated rings. The van der Waals surface area contributed by atoms with Gasteiger partial charge in [-0.25, -0.2) is 8.42 Å². The van der Waals surface area contributed by atoms with Crippen LogP contribution in [0.4, 0.5) is 5.69 Å². The van der Waals surface area contributed by atoms with E-state index in [-0.39, 0.29) is 10.8 Å². The van der Waals surface area contributed by atoms with Crippen LogP contribution >= 0.6 is 0 Å². The second-order valence-corrected chi connectivity index (χ2v) is 9.38. The van der Waals surface area contributed by atoms with E-state index in [9.17, 15) is 13.2 Å². The van der Waals surface area contributed by atoms with E-state index in [0.717, 1.165) is 17.5 Å². The number of aryl methyl sites for hydroxylation is 1. The molecule has 7 heteroatoms. The zero-order valence-electron chi connectivity index (χ0n) is 17.1. The quantitative estimate of drug-likeness (QED) is 0.646. The molecule has 0 spiro atoms. The monoisotopic (exact) mass is 423 g/mol. The number of fused-ring (bicyclic) bond motifs is 1. The van der Waals surface area contributed by atoms with Gasteiger partial charge in [0.25, 0.3) is 0 Å². The number of amides is 1. The highest BCUT2D eigenvalue weighted by Crippen LogP contribution is 2.32. The normalized spacial score (nSPS) is 15.2. The fourth-order valence-electron chi connectivity index (χ4n) is 3.95. The van der Waals surface area contributed by atoms with Crippen molar-refractivity contribution >= 4 is 38.1 Å². The second-order valence-electron chi connectivity index (χ2n) is 7.44. The van der Waals surface area contributed by atoms with Gasteiger partial charge < -0.3 is 10.3 Å². The molecule has 0 radical (unpaired) electrons. The van der Waals surface area contributed by atoms with E-state index in [4.69, 9.17) is 0 Å². The van der Waals surface area contributed by atoms with Gasteiger partial charge in [0.2, 0.25) is 15.9 Å². The molecule has 0 bridgehead atoms. The predicted molar refractivity (Wildman–Crippen MR) is 120 cm³/mol. The summed E-state index contributed by atoms with van der Waals surface area (Å²) in [4.78, 5) is 14.8. The van der Waals surface area contributed by atoms with Crippen molar-refractivity contribution in [1.82, 2.24) is 9.29 Å². The van der Waals surface area contributed by atoms with Crippen molar-refractivity contribution in [3.8, 4) is 0 Å². The zero-order chi connectivity index (χ0) is 21.3. The summed E-state index contributed by atoms with van der Waals surface area (Å²) >= 11 is 0. The third-order valence-corrected chi connectivity index (χ3v) is 7.39. The van der Waals surface area contributed by atoms with E-state index in [1.54, 1.807) is 12.1 Å². The average molecular weight is 424 g/mol. The van der Waals surface area contributed by atoms with Gasteiger partial charge in [-0.05, 0) is 48.2 Å². The summed E-state index contributed by atoms with van der Waals surface area (Å²) < 4.78 is 27.5. The third-order valence-electron chi connectivity index (χ3n) is 5.51. The number of hydrogen-bond donors (Lipinski definition) is 2. The fourth-order valence-corrected chi connectivity index (χ4v) is 5.33. The Hall–Kier alpha value is -2.90. The van der Waals surface area contributed by atoms with Gasteiger partial charge in [0, 0.05) is 48.4 Å². The molecule has 1 aromatic heterocycles. The van der Waals surface area contributed by atoms with E-state index in [0.29, 0.717) is 25.2 Å². The Morgan fingerprint density at radius 1 is 1.17 bits per heavy atom. The molecule has 1 amide bonds. The van der Waals surface area contributed by atoms with Gasteiger partial charge in [-0.15, -0.1) is 0 Å². The van der Waals surface area contributed by atoms with Crippen LogP contribution in [0.1, 0.15) is 31.4 Å². The number of carbonyl (C=O) groups is 1. The molecule has 0 aliphatic carbocycles. The molecular formula is C23H25N3O3S. The zero-order valence-corrected chi connectivity index (χ0v) is 17.9. The first-order valence-corrected chi connectivity index (χ1v) is 11.5. The third kappa shape index (κ3) is 3.78. The Morgan fingerprint density at radius 3 is 2.57 bits per heavy atom. The molecule has 2 aromatic carbocycles. The van der Waals surface area contributed by atoms with Gasteiger partial charge in [0.05, 0.1) is 4.90 Å². The van der Waals surface area contributed by atoms with Crippen molar-refractivity contribution in [1.29, 1.82) is 0 Å². The van der Waals surface area contributed by atoms with E-state index < -0.39 is 10.0 Å². The minimum atomic E-state index is -3.58. The molecule has 0 unspecified atom stereocenters. The smallest absolute Gasteiger partial charge is 0.243 e. The highest BCUT2D eigenvalue weighted by molar-refractivity contribution is 7.89. The van der Waals surface area contributed by atoms with Gasteiger partial charge in [-0.2, -0.15) is 4.31 Å². The minimum Gasteiger partial charge on any atom is -0.360 e. The van der Waals surface area contributed by atoms with Crippen LogP contribution in [0.5, 0.6) is 0 Å². The molecule has 1 aliphatic rings. The summed E-state index contributed by atoms with van der Waals surface area (Å²) in [6.45, 7) is 4.33. The number of nitrogens with zero attached hydrogens (tertiary/aromatic N) is 1. The summed E-state index contributed by atoms with van der Waals surface area (Å²) in [7, 11) is -3.58. The number of para-hydroxylation sites is 1. The maximum Gasteiger partial charge on any atom is 0.243 e. The molecule has 6 nitrogen and oxygen atoms in total. The summed E-state index contributed by atoms with van der Waals surface area (Å²) in [6.07, 6.45) is 5.66. The Balaban J connectivity index is 1.55. The summed E-state index contributed by atoms with van der Waals surface area (Å²) in [5.74, 6) is -0.192. The Labute approximate surface area is 176 Å². The van der Waals surface area contributed by atoms with Crippen molar-refractivity contribution in [3.05, 3.63) is 65.9 Å². The Kier molecular flexibility index (Phi) is 5.49. The number of anilines is 1. The maximum atomic E-state index is 13.0. The molecule has 0 saturated heterocycles. The number of aromatic nitrogens is 1. The number of aromatic amines is 1. The summed E-state index contributed by atoms with van der Waals surface area (Å²) in [6, 6.07) is 12.6. The average Bonchev–Trinajstić information content (AvgIpc) is 3.18. The van der Waals surface area contributed by atoms with Crippen molar-refractivity contribution in [2.75, 3.05) is 18.4 Å². The van der Waals surface area contributed by atoms with Crippen molar-refractivity contribution < 1.29 is 13.2 Å². The first kappa shape index (κ1) is 20.4. The Morgan fingerprint density at radius 2 is 1.93 bits per heavy atom. The van der Waals surface area contributed by atoms with Gasteiger partial charge in [0.1, 0.15) is 0 Å². The largest absolute Gasteiger partial charge is 0.360 e. The molecule has 2 heterocycles. The number of carbonyl (C=O) groups excluding carboxylic acids is 1. The van der Waals surface area contributed by atoms with Crippen LogP contribution in [0.2, 0.25) is 0 Å². The van der Waals surface area contributed by atoms with Crippen LogP contribution in [0.3, 0.4) is 0 Å². The number of sulfonamides is 1. The first-order chi connectivity index (χ1) is 14.4. The van der Waals surface area contributed by atoms with Crippen molar-refractivity contribution in [2.24, 2.45) is 0 Å². The molecular weight excluding hydrogens is 398 g/mol. The second kappa shape index (κ2) is 8.08. The molecule has 0 atom stereocenters. The van der Waals surface area contributed by atoms with Crippen molar-refractivity contribution in [3.63, 3.8) is 0 Å². The van der Waals surface area contributed by atoms with Crippen LogP contribution < -0.4 is 5.32 Å². The fraction of sp³-hybridized carbons (Fsp3) is 0.261. The summed E-state index contributed by atoms with van der Waals surface area (Å²) in [5.41, 5.74) is 5.33. The highest BCUT2D eigenvalue weighted by Gasteiger charge is 2.27. The van der Waals surface area contributed by atoms with Crippen LogP contribution in [-0.4, -0.2) is 36.7 Å². The number of nitrogens with one attached hydrogen (secondary N) is 2. The molecule has 3 aromatic rings. The van der Waals surface area contributed by atoms with Crippen molar-refractivity contribution in [2.45, 2.75) is 31.6 Å². The van der Waals surface area contributed by atoms with Gasteiger partial charge in [0.15, 0.2) is 0 Å². The first-order valence-electron chi connectivity index (χ1n) is 10.1. The lowest BCUT2D eigenvalue weighted by molar-refractivity contribution is -0.114. The number of rotatable bonds is 5. The highest BCUT2D eigenvalue weighted by atomic mass is 32.2. The molecule has 0 saturated carbocycles. The molecule has 30 heavy (non-hydrogen) atoms. The van der Waals surface area contributed by atoms with Crippen LogP contribution in [0.15, 0.2) is 59.6 Å². The molecule has 2 N–H and O–H groups in total. The van der Waals surface area contributed by atoms with Crippen LogP contribution in [0, 0.1) is 0 Å². The van der Waals surface area contributed by atoms with Gasteiger partial charge in [-0.3, -0.25) is 4.79 Å². The topological polar surface area (TPSA) is 82.3 Å². The number of H-pyrrole nitrogens is 1. The summed E-state index contributed by atoms with van der Waals surface area (Å²) in [5, 5.41) is 3.83. The van der Waals surface area contributed by atoms with Crippen LogP contribution in [-0.2, 0) is 21.2 Å². The van der Waals surface area contributed by atoms with E-state index in [2.05, 4.69) is 35.4 Å².